The molecule has 0 aromatic carbocycles. The Kier molecular flexibility index (Phi) is 5.13. The first-order valence-corrected chi connectivity index (χ1v) is 9.79. The molecule has 0 atom stereocenters. The van der Waals surface area contributed by atoms with Crippen LogP contribution in [-0.4, -0.2) is 25.1 Å². The minimum absolute atomic E-state index is 0.135. The highest BCUT2D eigenvalue weighted by molar-refractivity contribution is 7.91. The second kappa shape index (κ2) is 6.67. The molecule has 0 aliphatic heterocycles. The summed E-state index contributed by atoms with van der Waals surface area (Å²) in [5, 5.41) is 5.41. The van der Waals surface area contributed by atoms with Crippen molar-refractivity contribution in [1.82, 2.24) is 10.3 Å². The zero-order valence-corrected chi connectivity index (χ0v) is 14.2. The summed E-state index contributed by atoms with van der Waals surface area (Å²) in [5.74, 6) is -1.10. The fraction of sp³-hybridized carbons (Fsp3) is 0.385. The second-order valence-electron chi connectivity index (χ2n) is 4.68. The number of aryl methyl sites for hydroxylation is 2. The predicted octanol–water partition coefficient (Wildman–Crippen LogP) is 2.05. The Bertz CT molecular complexity index is 731. The molecule has 0 aliphatic rings. The van der Waals surface area contributed by atoms with Gasteiger partial charge in [0.2, 0.25) is 5.91 Å². The van der Waals surface area contributed by atoms with E-state index in [0.29, 0.717) is 11.4 Å². The van der Waals surface area contributed by atoms with Gasteiger partial charge in [-0.2, -0.15) is 0 Å². The molecule has 0 radical (unpaired) electrons. The number of sulfone groups is 1. The van der Waals surface area contributed by atoms with Crippen LogP contribution in [0.4, 0.5) is 0 Å². The number of thiophene rings is 1. The van der Waals surface area contributed by atoms with Crippen molar-refractivity contribution in [2.75, 3.05) is 5.75 Å². The Labute approximate surface area is 132 Å². The molecule has 5 nitrogen and oxygen atoms in total. The summed E-state index contributed by atoms with van der Waals surface area (Å²) < 4.78 is 23.9. The zero-order valence-electron chi connectivity index (χ0n) is 11.8. The van der Waals surface area contributed by atoms with Crippen molar-refractivity contribution in [3.63, 3.8) is 0 Å². The van der Waals surface area contributed by atoms with Crippen molar-refractivity contribution in [3.8, 4) is 0 Å². The van der Waals surface area contributed by atoms with Gasteiger partial charge in [-0.15, -0.1) is 22.7 Å². The number of hydrogen-bond donors (Lipinski definition) is 1. The van der Waals surface area contributed by atoms with Crippen LogP contribution in [-0.2, 0) is 26.9 Å². The van der Waals surface area contributed by atoms with E-state index < -0.39 is 21.5 Å². The maximum Gasteiger partial charge on any atom is 0.235 e. The van der Waals surface area contributed by atoms with Crippen molar-refractivity contribution in [3.05, 3.63) is 38.0 Å². The molecule has 0 saturated heterocycles. The molecule has 0 fully saturated rings. The van der Waals surface area contributed by atoms with Crippen LogP contribution >= 0.6 is 22.7 Å². The first-order valence-electron chi connectivity index (χ1n) is 6.27. The van der Waals surface area contributed by atoms with Crippen LogP contribution in [0.3, 0.4) is 0 Å². The first kappa shape index (κ1) is 16.1. The van der Waals surface area contributed by atoms with Gasteiger partial charge >= 0.3 is 0 Å². The van der Waals surface area contributed by atoms with Crippen LogP contribution in [0.15, 0.2) is 17.6 Å². The minimum atomic E-state index is -3.46. The fourth-order valence-electron chi connectivity index (χ4n) is 1.75. The average Bonchev–Trinajstić information content (AvgIpc) is 2.94. The smallest absolute Gasteiger partial charge is 0.235 e. The second-order valence-corrected chi connectivity index (χ2v) is 9.07. The summed E-state index contributed by atoms with van der Waals surface area (Å²) in [6, 6.07) is 1.97. The van der Waals surface area contributed by atoms with Crippen molar-refractivity contribution in [2.45, 2.75) is 26.1 Å². The molecule has 2 heterocycles. The SMILES string of the molecule is Cc1ncc(CS(=O)(=O)CC(=O)NCc2sccc2C)s1. The topological polar surface area (TPSA) is 76.1 Å². The number of thiazole rings is 1. The van der Waals surface area contributed by atoms with E-state index >= 15 is 0 Å². The number of carbonyl (C=O) groups excluding carboxylic acids is 1. The van der Waals surface area contributed by atoms with Gasteiger partial charge in [-0.05, 0) is 30.9 Å². The normalized spacial score (nSPS) is 11.5. The molecular formula is C13H16N2O3S3. The molecule has 0 saturated carbocycles. The molecule has 0 bridgehead atoms. The third-order valence-electron chi connectivity index (χ3n) is 2.80. The number of rotatable bonds is 6. The van der Waals surface area contributed by atoms with Gasteiger partial charge in [0.15, 0.2) is 9.84 Å². The van der Waals surface area contributed by atoms with Gasteiger partial charge in [0.1, 0.15) is 5.75 Å². The van der Waals surface area contributed by atoms with Crippen molar-refractivity contribution < 1.29 is 13.2 Å². The monoisotopic (exact) mass is 344 g/mol. The Morgan fingerprint density at radius 2 is 2.14 bits per heavy atom. The molecule has 1 amide bonds. The van der Waals surface area contributed by atoms with E-state index in [2.05, 4.69) is 10.3 Å². The van der Waals surface area contributed by atoms with Crippen LogP contribution in [0, 0.1) is 13.8 Å². The highest BCUT2D eigenvalue weighted by Gasteiger charge is 2.18. The quantitative estimate of drug-likeness (QED) is 0.870. The van der Waals surface area contributed by atoms with Gasteiger partial charge in [-0.1, -0.05) is 0 Å². The van der Waals surface area contributed by atoms with Gasteiger partial charge in [0.25, 0.3) is 0 Å². The standard InChI is InChI=1S/C13H16N2O3S3/c1-9-3-4-19-12(9)6-15-13(16)8-21(17,18)7-11-5-14-10(2)20-11/h3-5H,6-8H2,1-2H3,(H,15,16). The van der Waals surface area contributed by atoms with Gasteiger partial charge < -0.3 is 5.32 Å². The summed E-state index contributed by atoms with van der Waals surface area (Å²) >= 11 is 2.88. The Morgan fingerprint density at radius 1 is 1.38 bits per heavy atom. The van der Waals surface area contributed by atoms with E-state index in [0.717, 1.165) is 15.4 Å². The molecule has 2 aromatic rings. The summed E-state index contributed by atoms with van der Waals surface area (Å²) in [7, 11) is -3.46. The zero-order chi connectivity index (χ0) is 15.5. The highest BCUT2D eigenvalue weighted by atomic mass is 32.2. The average molecular weight is 344 g/mol. The molecule has 0 unspecified atom stereocenters. The number of carbonyl (C=O) groups is 1. The lowest BCUT2D eigenvalue weighted by Crippen LogP contribution is -2.30. The largest absolute Gasteiger partial charge is 0.350 e. The van der Waals surface area contributed by atoms with Gasteiger partial charge in [0.05, 0.1) is 17.3 Å². The molecule has 1 N–H and O–H groups in total. The van der Waals surface area contributed by atoms with E-state index in [4.69, 9.17) is 0 Å². The molecule has 21 heavy (non-hydrogen) atoms. The van der Waals surface area contributed by atoms with Crippen LogP contribution in [0.2, 0.25) is 0 Å². The number of hydrogen-bond acceptors (Lipinski definition) is 6. The van der Waals surface area contributed by atoms with E-state index in [9.17, 15) is 13.2 Å². The minimum Gasteiger partial charge on any atom is -0.350 e. The van der Waals surface area contributed by atoms with Gasteiger partial charge in [0, 0.05) is 16.0 Å². The Morgan fingerprint density at radius 3 is 2.71 bits per heavy atom. The lowest BCUT2D eigenvalue weighted by molar-refractivity contribution is -0.118. The summed E-state index contributed by atoms with van der Waals surface area (Å²) in [5.41, 5.74) is 1.10. The number of aromatic nitrogens is 1. The molecule has 0 aliphatic carbocycles. The maximum atomic E-state index is 12.0. The molecular weight excluding hydrogens is 328 g/mol. The summed E-state index contributed by atoms with van der Waals surface area (Å²) in [6.07, 6.45) is 1.55. The van der Waals surface area contributed by atoms with Gasteiger partial charge in [-0.3, -0.25) is 4.79 Å². The van der Waals surface area contributed by atoms with E-state index in [1.165, 1.54) is 11.3 Å². The fourth-order valence-corrected chi connectivity index (χ4v) is 5.08. The lowest BCUT2D eigenvalue weighted by atomic mass is 10.3. The van der Waals surface area contributed by atoms with Crippen LogP contribution in [0.25, 0.3) is 0 Å². The van der Waals surface area contributed by atoms with Crippen molar-refractivity contribution in [1.29, 1.82) is 0 Å². The van der Waals surface area contributed by atoms with Crippen LogP contribution < -0.4 is 5.32 Å². The van der Waals surface area contributed by atoms with Crippen LogP contribution in [0.1, 0.15) is 20.3 Å². The van der Waals surface area contributed by atoms with Crippen molar-refractivity contribution in [2.24, 2.45) is 0 Å². The summed E-state index contributed by atoms with van der Waals surface area (Å²) in [6.45, 7) is 4.15. The van der Waals surface area contributed by atoms with Crippen molar-refractivity contribution >= 4 is 38.4 Å². The molecule has 2 rings (SSSR count). The Hall–Kier alpha value is -1.25. The number of amides is 1. The van der Waals surface area contributed by atoms with E-state index in [-0.39, 0.29) is 5.75 Å². The third-order valence-corrected chi connectivity index (χ3v) is 6.37. The van der Waals surface area contributed by atoms with Gasteiger partial charge in [-0.25, -0.2) is 13.4 Å². The molecule has 0 spiro atoms. The molecule has 2 aromatic heterocycles. The predicted molar refractivity (Wildman–Crippen MR) is 85.2 cm³/mol. The molecule has 8 heteroatoms. The van der Waals surface area contributed by atoms with E-state index in [1.807, 2.05) is 25.3 Å². The number of nitrogens with zero attached hydrogens (tertiary/aromatic N) is 1. The first-order chi connectivity index (χ1) is 9.85. The third kappa shape index (κ3) is 4.90. The van der Waals surface area contributed by atoms with Crippen LogP contribution in [0.5, 0.6) is 0 Å². The number of nitrogens with one attached hydrogen (secondary N) is 1. The lowest BCUT2D eigenvalue weighted by Gasteiger charge is -2.05. The molecule has 114 valence electrons. The van der Waals surface area contributed by atoms with E-state index in [1.54, 1.807) is 17.5 Å². The summed E-state index contributed by atoms with van der Waals surface area (Å²) in [4.78, 5) is 17.5. The maximum absolute atomic E-state index is 12.0. The highest BCUT2D eigenvalue weighted by Crippen LogP contribution is 2.16. The Balaban J connectivity index is 1.88.